The van der Waals surface area contributed by atoms with Crippen LogP contribution in [0.1, 0.15) is 63.9 Å². The van der Waals surface area contributed by atoms with Crippen LogP contribution in [-0.2, 0) is 30.5 Å². The Kier molecular flexibility index (Phi) is 14.6. The minimum atomic E-state index is -0.586. The Balaban J connectivity index is 1.84. The number of hydrogen-bond acceptors (Lipinski definition) is 7. The molecule has 1 aromatic rings. The summed E-state index contributed by atoms with van der Waals surface area (Å²) in [4.78, 5) is 49.4. The van der Waals surface area contributed by atoms with E-state index in [4.69, 9.17) is 9.47 Å². The van der Waals surface area contributed by atoms with Crippen molar-refractivity contribution in [2.45, 2.75) is 77.0 Å². The molecule has 0 saturated heterocycles. The minimum Gasteiger partial charge on any atom is -0.463 e. The van der Waals surface area contributed by atoms with Gasteiger partial charge in [-0.05, 0) is 51.0 Å². The van der Waals surface area contributed by atoms with Crippen molar-refractivity contribution in [1.29, 1.82) is 0 Å². The Morgan fingerprint density at radius 3 is 2.74 bits per heavy atom. The zero-order valence-corrected chi connectivity index (χ0v) is 22.2. The Bertz CT molecular complexity index is 907. The summed E-state index contributed by atoms with van der Waals surface area (Å²) in [7, 11) is 0. The van der Waals surface area contributed by atoms with Crippen LogP contribution in [0.4, 0.5) is 4.79 Å². The molecule has 0 saturated carbocycles. The van der Waals surface area contributed by atoms with Gasteiger partial charge >= 0.3 is 12.1 Å². The molecule has 0 unspecified atom stereocenters. The lowest BCUT2D eigenvalue weighted by Crippen LogP contribution is -2.44. The molecule has 1 heterocycles. The first-order chi connectivity index (χ1) is 18.4. The van der Waals surface area contributed by atoms with E-state index < -0.39 is 24.1 Å². The van der Waals surface area contributed by atoms with Crippen LogP contribution in [0.15, 0.2) is 42.5 Å². The largest absolute Gasteiger partial charge is 0.463 e. The number of ether oxygens (including phenoxy) is 2. The SMILES string of the molecule is C[C@@H](CO)NC(=O)C[C@H]1CC=CCCCC(=O)OC[C@H](CCCCNC(=O)OCc2ccccc2)NC1=O. The van der Waals surface area contributed by atoms with Crippen molar-refractivity contribution in [3.8, 4) is 0 Å². The number of aliphatic hydroxyl groups excluding tert-OH is 1. The van der Waals surface area contributed by atoms with Crippen LogP contribution in [-0.4, -0.2) is 60.8 Å². The van der Waals surface area contributed by atoms with Gasteiger partial charge in [0.05, 0.1) is 18.6 Å². The summed E-state index contributed by atoms with van der Waals surface area (Å²) in [6, 6.07) is 8.59. The highest BCUT2D eigenvalue weighted by Gasteiger charge is 2.25. The smallest absolute Gasteiger partial charge is 0.407 e. The van der Waals surface area contributed by atoms with E-state index in [-0.39, 0.29) is 44.0 Å². The summed E-state index contributed by atoms with van der Waals surface area (Å²) < 4.78 is 10.6. The number of carbonyl (C=O) groups is 4. The molecule has 1 aromatic carbocycles. The number of benzene rings is 1. The first-order valence-electron chi connectivity index (χ1n) is 13.3. The Morgan fingerprint density at radius 1 is 1.18 bits per heavy atom. The van der Waals surface area contributed by atoms with E-state index in [1.807, 2.05) is 42.5 Å². The third kappa shape index (κ3) is 13.2. The van der Waals surface area contributed by atoms with Gasteiger partial charge in [-0.25, -0.2) is 4.79 Å². The summed E-state index contributed by atoms with van der Waals surface area (Å²) in [6.45, 7) is 2.15. The van der Waals surface area contributed by atoms with Gasteiger partial charge in [-0.3, -0.25) is 14.4 Å². The number of carbonyl (C=O) groups excluding carboxylic acids is 4. The van der Waals surface area contributed by atoms with Gasteiger partial charge in [0.25, 0.3) is 0 Å². The summed E-state index contributed by atoms with van der Waals surface area (Å²) in [5, 5.41) is 17.5. The molecule has 0 spiro atoms. The number of aliphatic hydroxyl groups is 1. The molecule has 4 N–H and O–H groups in total. The Morgan fingerprint density at radius 2 is 1.97 bits per heavy atom. The van der Waals surface area contributed by atoms with Gasteiger partial charge in [0.15, 0.2) is 0 Å². The number of esters is 1. The predicted octanol–water partition coefficient (Wildman–Crippen LogP) is 2.74. The average molecular weight is 532 g/mol. The van der Waals surface area contributed by atoms with Gasteiger partial charge in [0.2, 0.25) is 11.8 Å². The maximum Gasteiger partial charge on any atom is 0.407 e. The quantitative estimate of drug-likeness (QED) is 0.195. The molecule has 1 aliphatic heterocycles. The molecule has 38 heavy (non-hydrogen) atoms. The molecule has 10 heteroatoms. The molecule has 3 atom stereocenters. The number of rotatable bonds is 11. The van der Waals surface area contributed by atoms with E-state index in [9.17, 15) is 24.3 Å². The van der Waals surface area contributed by atoms with Gasteiger partial charge in [-0.15, -0.1) is 0 Å². The van der Waals surface area contributed by atoms with Crippen LogP contribution in [0, 0.1) is 5.92 Å². The highest BCUT2D eigenvalue weighted by atomic mass is 16.5. The van der Waals surface area contributed by atoms with E-state index in [1.165, 1.54) is 0 Å². The van der Waals surface area contributed by atoms with Crippen molar-refractivity contribution < 1.29 is 33.8 Å². The third-order valence-corrected chi connectivity index (χ3v) is 6.08. The molecule has 0 fully saturated rings. The van der Waals surface area contributed by atoms with Crippen LogP contribution in [0.2, 0.25) is 0 Å². The van der Waals surface area contributed by atoms with Crippen LogP contribution < -0.4 is 16.0 Å². The third-order valence-electron chi connectivity index (χ3n) is 6.08. The predicted molar refractivity (Wildman–Crippen MR) is 142 cm³/mol. The molecular formula is C28H41N3O7. The molecule has 10 nitrogen and oxygen atoms in total. The van der Waals surface area contributed by atoms with Crippen LogP contribution >= 0.6 is 0 Å². The lowest BCUT2D eigenvalue weighted by molar-refractivity contribution is -0.145. The van der Waals surface area contributed by atoms with Gasteiger partial charge in [-0.2, -0.15) is 0 Å². The van der Waals surface area contributed by atoms with Gasteiger partial charge < -0.3 is 30.5 Å². The minimum absolute atomic E-state index is 0.0119. The number of amides is 3. The van der Waals surface area contributed by atoms with Crippen molar-refractivity contribution in [2.75, 3.05) is 19.8 Å². The van der Waals surface area contributed by atoms with Crippen molar-refractivity contribution in [2.24, 2.45) is 5.92 Å². The standard InChI is InChI=1S/C28H41N3O7/c1-21(18-32)30-25(33)17-23-13-7-2-3-8-15-26(34)37-20-24(31-27(23)35)14-9-10-16-29-28(36)38-19-22-11-5-4-6-12-22/h2,4-7,11-12,21,23-24,32H,3,8-10,13-20H2,1H3,(H,29,36)(H,30,33)(H,31,35)/t21-,23+,24-/m0/s1. The second-order valence-corrected chi connectivity index (χ2v) is 9.52. The second-order valence-electron chi connectivity index (χ2n) is 9.52. The Hall–Kier alpha value is -3.40. The number of nitrogens with one attached hydrogen (secondary N) is 3. The highest BCUT2D eigenvalue weighted by molar-refractivity contribution is 5.86. The lowest BCUT2D eigenvalue weighted by Gasteiger charge is -2.22. The zero-order valence-electron chi connectivity index (χ0n) is 22.2. The van der Waals surface area contributed by atoms with Crippen molar-refractivity contribution in [3.63, 3.8) is 0 Å². The molecule has 3 amide bonds. The molecule has 0 radical (unpaired) electrons. The number of cyclic esters (lactones) is 1. The monoisotopic (exact) mass is 531 g/mol. The first kappa shape index (κ1) is 30.8. The number of allylic oxidation sites excluding steroid dienone is 2. The van der Waals surface area contributed by atoms with Crippen LogP contribution in [0.5, 0.6) is 0 Å². The van der Waals surface area contributed by atoms with E-state index in [1.54, 1.807) is 6.92 Å². The van der Waals surface area contributed by atoms with Gasteiger partial charge in [0.1, 0.15) is 13.2 Å². The van der Waals surface area contributed by atoms with Gasteiger partial charge in [0, 0.05) is 25.4 Å². The molecule has 0 aliphatic carbocycles. The summed E-state index contributed by atoms with van der Waals surface area (Å²) in [5.74, 6) is -1.49. The fraction of sp³-hybridized carbons (Fsp3) is 0.571. The zero-order chi connectivity index (χ0) is 27.6. The summed E-state index contributed by atoms with van der Waals surface area (Å²) in [6.07, 6.45) is 7.14. The highest BCUT2D eigenvalue weighted by Crippen LogP contribution is 2.14. The maximum absolute atomic E-state index is 13.1. The van der Waals surface area contributed by atoms with Crippen molar-refractivity contribution >= 4 is 23.9 Å². The van der Waals surface area contributed by atoms with E-state index in [0.717, 1.165) is 5.56 Å². The molecule has 2 rings (SSSR count). The van der Waals surface area contributed by atoms with E-state index in [0.29, 0.717) is 51.5 Å². The fourth-order valence-corrected chi connectivity index (χ4v) is 3.89. The number of unbranched alkanes of at least 4 members (excludes halogenated alkanes) is 1. The topological polar surface area (TPSA) is 143 Å². The molecular weight excluding hydrogens is 490 g/mol. The summed E-state index contributed by atoms with van der Waals surface area (Å²) >= 11 is 0. The molecule has 1 aliphatic rings. The van der Waals surface area contributed by atoms with Crippen LogP contribution in [0.25, 0.3) is 0 Å². The van der Waals surface area contributed by atoms with E-state index >= 15 is 0 Å². The molecule has 210 valence electrons. The maximum atomic E-state index is 13.1. The summed E-state index contributed by atoms with van der Waals surface area (Å²) in [5.41, 5.74) is 0.903. The van der Waals surface area contributed by atoms with Crippen molar-refractivity contribution in [1.82, 2.24) is 16.0 Å². The van der Waals surface area contributed by atoms with Crippen molar-refractivity contribution in [3.05, 3.63) is 48.0 Å². The fourth-order valence-electron chi connectivity index (χ4n) is 3.89. The van der Waals surface area contributed by atoms with Gasteiger partial charge in [-0.1, -0.05) is 42.5 Å². The number of alkyl carbamates (subject to hydrolysis) is 1. The second kappa shape index (κ2) is 18.0. The lowest BCUT2D eigenvalue weighted by atomic mass is 9.98. The van der Waals surface area contributed by atoms with E-state index in [2.05, 4.69) is 16.0 Å². The molecule has 0 aromatic heterocycles. The molecule has 0 bridgehead atoms. The first-order valence-corrected chi connectivity index (χ1v) is 13.3. The number of hydrogen-bond donors (Lipinski definition) is 4. The van der Waals surface area contributed by atoms with Crippen LogP contribution in [0.3, 0.4) is 0 Å². The normalized spacial score (nSPS) is 19.5. The Labute approximate surface area is 224 Å². The average Bonchev–Trinajstić information content (AvgIpc) is 2.92.